The van der Waals surface area contributed by atoms with E-state index in [0.717, 1.165) is 11.8 Å². The summed E-state index contributed by atoms with van der Waals surface area (Å²) in [5, 5.41) is 0. The second-order valence-electron chi connectivity index (χ2n) is 2.30. The molecule has 0 bridgehead atoms. The van der Waals surface area contributed by atoms with Crippen molar-refractivity contribution >= 4 is 12.0 Å². The van der Waals surface area contributed by atoms with E-state index in [-0.39, 0.29) is 0 Å². The van der Waals surface area contributed by atoms with E-state index in [0.29, 0.717) is 11.3 Å². The molecule has 0 spiro atoms. The van der Waals surface area contributed by atoms with Gasteiger partial charge in [-0.05, 0) is 18.6 Å². The highest BCUT2D eigenvalue weighted by molar-refractivity contribution is 5.85. The SMILES string of the molecule is Cc1cccc(NN)c1C=O. The highest BCUT2D eigenvalue weighted by Crippen LogP contribution is 2.15. The molecule has 0 aliphatic carbocycles. The minimum Gasteiger partial charge on any atom is -0.323 e. The number of carbonyl (C=O) groups excluding carboxylic acids is 1. The summed E-state index contributed by atoms with van der Waals surface area (Å²) in [6.07, 6.45) is 0.796. The molecule has 0 heterocycles. The van der Waals surface area contributed by atoms with E-state index in [1.54, 1.807) is 6.07 Å². The van der Waals surface area contributed by atoms with Crippen molar-refractivity contribution in [1.82, 2.24) is 0 Å². The molecule has 0 atom stereocenters. The maximum atomic E-state index is 10.5. The molecular weight excluding hydrogens is 140 g/mol. The third-order valence-corrected chi connectivity index (χ3v) is 1.60. The van der Waals surface area contributed by atoms with Crippen LogP contribution in [-0.4, -0.2) is 6.29 Å². The van der Waals surface area contributed by atoms with Gasteiger partial charge in [-0.25, -0.2) is 0 Å². The van der Waals surface area contributed by atoms with E-state index in [1.165, 1.54) is 0 Å². The van der Waals surface area contributed by atoms with Gasteiger partial charge in [0.2, 0.25) is 0 Å². The Morgan fingerprint density at radius 1 is 1.55 bits per heavy atom. The Morgan fingerprint density at radius 2 is 2.27 bits per heavy atom. The molecule has 1 rings (SSSR count). The Balaban J connectivity index is 3.24. The number of aldehydes is 1. The van der Waals surface area contributed by atoms with Crippen LogP contribution in [0.2, 0.25) is 0 Å². The maximum Gasteiger partial charge on any atom is 0.152 e. The number of hydrogen-bond donors (Lipinski definition) is 2. The fourth-order valence-corrected chi connectivity index (χ4v) is 0.963. The van der Waals surface area contributed by atoms with Crippen LogP contribution in [0, 0.1) is 6.92 Å². The van der Waals surface area contributed by atoms with E-state index in [4.69, 9.17) is 5.84 Å². The standard InChI is InChI=1S/C8H10N2O/c1-6-3-2-4-8(10-9)7(6)5-11/h2-5,10H,9H2,1H3. The van der Waals surface area contributed by atoms with Gasteiger partial charge < -0.3 is 5.43 Å². The molecule has 3 heteroatoms. The van der Waals surface area contributed by atoms with Crippen molar-refractivity contribution in [3.05, 3.63) is 29.3 Å². The van der Waals surface area contributed by atoms with Gasteiger partial charge in [0.05, 0.1) is 5.69 Å². The molecule has 0 fully saturated rings. The van der Waals surface area contributed by atoms with Crippen LogP contribution in [0.25, 0.3) is 0 Å². The van der Waals surface area contributed by atoms with Gasteiger partial charge >= 0.3 is 0 Å². The number of hydrazine groups is 1. The molecule has 3 N–H and O–H groups in total. The summed E-state index contributed by atoms with van der Waals surface area (Å²) in [5.41, 5.74) is 4.67. The first-order chi connectivity index (χ1) is 5.29. The lowest BCUT2D eigenvalue weighted by Crippen LogP contribution is -2.09. The fraction of sp³-hybridized carbons (Fsp3) is 0.125. The summed E-state index contributed by atoms with van der Waals surface area (Å²) in [7, 11) is 0. The normalized spacial score (nSPS) is 9.27. The summed E-state index contributed by atoms with van der Waals surface area (Å²) in [6, 6.07) is 5.47. The van der Waals surface area contributed by atoms with E-state index in [2.05, 4.69) is 5.43 Å². The smallest absolute Gasteiger partial charge is 0.152 e. The van der Waals surface area contributed by atoms with Crippen LogP contribution in [0.1, 0.15) is 15.9 Å². The maximum absolute atomic E-state index is 10.5. The van der Waals surface area contributed by atoms with Crippen molar-refractivity contribution < 1.29 is 4.79 Å². The predicted molar refractivity (Wildman–Crippen MR) is 44.4 cm³/mol. The summed E-state index contributed by atoms with van der Waals surface area (Å²) < 4.78 is 0. The Hall–Kier alpha value is -1.35. The lowest BCUT2D eigenvalue weighted by Gasteiger charge is -2.04. The van der Waals surface area contributed by atoms with E-state index < -0.39 is 0 Å². The number of nitrogens with two attached hydrogens (primary N) is 1. The molecule has 1 aromatic carbocycles. The number of anilines is 1. The molecule has 0 amide bonds. The zero-order valence-corrected chi connectivity index (χ0v) is 6.29. The van der Waals surface area contributed by atoms with Crippen LogP contribution >= 0.6 is 0 Å². The summed E-state index contributed by atoms with van der Waals surface area (Å²) in [4.78, 5) is 10.5. The lowest BCUT2D eigenvalue weighted by atomic mass is 10.1. The van der Waals surface area contributed by atoms with Gasteiger partial charge in [-0.1, -0.05) is 12.1 Å². The first kappa shape index (κ1) is 7.75. The quantitative estimate of drug-likeness (QED) is 0.377. The topological polar surface area (TPSA) is 55.1 Å². The fourth-order valence-electron chi connectivity index (χ4n) is 0.963. The van der Waals surface area contributed by atoms with Gasteiger partial charge in [0.1, 0.15) is 0 Å². The highest BCUT2D eigenvalue weighted by atomic mass is 16.1. The monoisotopic (exact) mass is 150 g/mol. The average Bonchev–Trinajstić information content (AvgIpc) is 2.04. The zero-order valence-electron chi connectivity index (χ0n) is 6.29. The number of benzene rings is 1. The van der Waals surface area contributed by atoms with E-state index >= 15 is 0 Å². The Bertz CT molecular complexity index is 271. The Morgan fingerprint density at radius 3 is 2.73 bits per heavy atom. The number of carbonyl (C=O) groups is 1. The van der Waals surface area contributed by atoms with Crippen molar-refractivity contribution in [2.45, 2.75) is 6.92 Å². The molecule has 0 aliphatic rings. The van der Waals surface area contributed by atoms with Gasteiger partial charge in [0.15, 0.2) is 6.29 Å². The van der Waals surface area contributed by atoms with Crippen LogP contribution in [0.15, 0.2) is 18.2 Å². The molecule has 0 aliphatic heterocycles. The minimum absolute atomic E-state index is 0.620. The second-order valence-corrected chi connectivity index (χ2v) is 2.30. The Kier molecular flexibility index (Phi) is 2.23. The molecule has 11 heavy (non-hydrogen) atoms. The third kappa shape index (κ3) is 1.38. The summed E-state index contributed by atoms with van der Waals surface area (Å²) in [5.74, 6) is 5.19. The van der Waals surface area contributed by atoms with Gasteiger partial charge in [0.25, 0.3) is 0 Å². The second kappa shape index (κ2) is 3.16. The van der Waals surface area contributed by atoms with Crippen molar-refractivity contribution in [3.63, 3.8) is 0 Å². The molecule has 0 unspecified atom stereocenters. The molecule has 0 aromatic heterocycles. The number of nitrogens with one attached hydrogen (secondary N) is 1. The third-order valence-electron chi connectivity index (χ3n) is 1.60. The van der Waals surface area contributed by atoms with Gasteiger partial charge in [-0.15, -0.1) is 0 Å². The number of rotatable bonds is 2. The highest BCUT2D eigenvalue weighted by Gasteiger charge is 2.00. The summed E-state index contributed by atoms with van der Waals surface area (Å²) in [6.45, 7) is 1.87. The van der Waals surface area contributed by atoms with E-state index in [9.17, 15) is 4.79 Å². The predicted octanol–water partition coefficient (Wildman–Crippen LogP) is 1.09. The van der Waals surface area contributed by atoms with Crippen LogP contribution in [0.5, 0.6) is 0 Å². The number of aryl methyl sites for hydroxylation is 1. The molecule has 58 valence electrons. The first-order valence-corrected chi connectivity index (χ1v) is 3.31. The van der Waals surface area contributed by atoms with Crippen LogP contribution < -0.4 is 11.3 Å². The van der Waals surface area contributed by atoms with Crippen molar-refractivity contribution in [1.29, 1.82) is 0 Å². The molecule has 3 nitrogen and oxygen atoms in total. The van der Waals surface area contributed by atoms with Gasteiger partial charge in [-0.3, -0.25) is 10.6 Å². The summed E-state index contributed by atoms with van der Waals surface area (Å²) >= 11 is 0. The van der Waals surface area contributed by atoms with Crippen molar-refractivity contribution in [3.8, 4) is 0 Å². The van der Waals surface area contributed by atoms with Crippen LogP contribution in [0.4, 0.5) is 5.69 Å². The molecule has 1 aromatic rings. The Labute approximate surface area is 65.2 Å². The minimum atomic E-state index is 0.620. The van der Waals surface area contributed by atoms with E-state index in [1.807, 2.05) is 19.1 Å². The van der Waals surface area contributed by atoms with Crippen molar-refractivity contribution in [2.75, 3.05) is 5.43 Å². The van der Waals surface area contributed by atoms with Gasteiger partial charge in [-0.2, -0.15) is 0 Å². The van der Waals surface area contributed by atoms with Crippen LogP contribution in [0.3, 0.4) is 0 Å². The number of nitrogen functional groups attached to an aromatic ring is 1. The van der Waals surface area contributed by atoms with Crippen molar-refractivity contribution in [2.24, 2.45) is 5.84 Å². The first-order valence-electron chi connectivity index (χ1n) is 3.31. The largest absolute Gasteiger partial charge is 0.323 e. The average molecular weight is 150 g/mol. The molecule has 0 saturated heterocycles. The number of hydrogen-bond acceptors (Lipinski definition) is 3. The molecule has 0 saturated carbocycles. The molecule has 0 radical (unpaired) electrons. The lowest BCUT2D eigenvalue weighted by molar-refractivity contribution is 0.112. The van der Waals surface area contributed by atoms with Crippen LogP contribution in [-0.2, 0) is 0 Å². The van der Waals surface area contributed by atoms with Gasteiger partial charge in [0, 0.05) is 5.56 Å². The molecular formula is C8H10N2O. The zero-order chi connectivity index (χ0) is 8.27.